The van der Waals surface area contributed by atoms with Crippen LogP contribution in [0.3, 0.4) is 0 Å². The second kappa shape index (κ2) is 15.3. The van der Waals surface area contributed by atoms with Crippen LogP contribution in [0.2, 0.25) is 0 Å². The normalized spacial score (nSPS) is 23.7. The van der Waals surface area contributed by atoms with Crippen LogP contribution in [0.25, 0.3) is 10.9 Å². The monoisotopic (exact) mass is 686 g/mol. The summed E-state index contributed by atoms with van der Waals surface area (Å²) in [5, 5.41) is 9.78. The van der Waals surface area contributed by atoms with Crippen LogP contribution in [0.15, 0.2) is 60.8 Å². The largest absolute Gasteiger partial charge is 0.446 e. The Bertz CT molecular complexity index is 1680. The Morgan fingerprint density at radius 2 is 1.56 bits per heavy atom. The van der Waals surface area contributed by atoms with Gasteiger partial charge in [0.1, 0.15) is 11.6 Å². The third kappa shape index (κ3) is 8.46. The number of esters is 2. The maximum atomic E-state index is 14.2. The second-order valence-corrected chi connectivity index (χ2v) is 14.3. The van der Waals surface area contributed by atoms with Crippen molar-refractivity contribution in [3.8, 4) is 0 Å². The number of para-hydroxylation sites is 1. The van der Waals surface area contributed by atoms with Gasteiger partial charge in [0.2, 0.25) is 18.6 Å². The minimum atomic E-state index is -1.40. The van der Waals surface area contributed by atoms with Crippen LogP contribution in [-0.4, -0.2) is 59.8 Å². The number of aromatic nitrogens is 1. The first-order chi connectivity index (χ1) is 24.1. The predicted molar refractivity (Wildman–Crippen MR) is 183 cm³/mol. The van der Waals surface area contributed by atoms with E-state index in [9.17, 15) is 24.0 Å². The van der Waals surface area contributed by atoms with Gasteiger partial charge in [-0.25, -0.2) is 4.79 Å². The first-order valence-corrected chi connectivity index (χ1v) is 17.5. The first-order valence-electron chi connectivity index (χ1n) is 17.5. The highest BCUT2D eigenvalue weighted by Crippen LogP contribution is 2.54. The fraction of sp³-hybridized carbons (Fsp3) is 0.500. The summed E-state index contributed by atoms with van der Waals surface area (Å²) in [6.45, 7) is 2.39. The molecule has 12 heteroatoms. The summed E-state index contributed by atoms with van der Waals surface area (Å²) < 4.78 is 15.6. The van der Waals surface area contributed by atoms with Crippen molar-refractivity contribution in [2.45, 2.75) is 82.9 Å². The Labute approximate surface area is 291 Å². The average molecular weight is 687 g/mol. The number of H-pyrrole nitrogens is 1. The number of carbonyl (C=O) groups is 5. The van der Waals surface area contributed by atoms with E-state index in [4.69, 9.17) is 9.47 Å². The third-order valence-corrected chi connectivity index (χ3v) is 10.5. The number of alkyl carbamates (subject to hydrolysis) is 1. The van der Waals surface area contributed by atoms with E-state index in [2.05, 4.69) is 25.7 Å². The molecule has 2 unspecified atom stereocenters. The smallest absolute Gasteiger partial charge is 0.408 e. The fourth-order valence-electron chi connectivity index (χ4n) is 8.35. The quantitative estimate of drug-likeness (QED) is 0.138. The molecule has 266 valence electrons. The van der Waals surface area contributed by atoms with Crippen molar-refractivity contribution >= 4 is 40.7 Å². The van der Waals surface area contributed by atoms with Crippen molar-refractivity contribution in [1.82, 2.24) is 20.9 Å². The molecule has 3 aromatic rings. The molecular formula is C38H46N4O8. The summed E-state index contributed by atoms with van der Waals surface area (Å²) in [6, 6.07) is 16.3. The molecule has 0 aliphatic heterocycles. The van der Waals surface area contributed by atoms with E-state index in [0.29, 0.717) is 11.8 Å². The zero-order valence-electron chi connectivity index (χ0n) is 28.6. The predicted octanol–water partition coefficient (Wildman–Crippen LogP) is 4.84. The van der Waals surface area contributed by atoms with Gasteiger partial charge in [0.05, 0.1) is 12.5 Å². The van der Waals surface area contributed by atoms with Crippen molar-refractivity contribution in [2.75, 3.05) is 13.3 Å². The summed E-state index contributed by atoms with van der Waals surface area (Å²) in [5.74, 6) is 0.0650. The molecule has 3 amide bonds. The van der Waals surface area contributed by atoms with E-state index in [1.54, 1.807) is 6.92 Å². The van der Waals surface area contributed by atoms with Crippen LogP contribution >= 0.6 is 0 Å². The SMILES string of the molecule is CC(=O)OCOC(=O)CCC(=O)NC(CNC(=O)C(C)(Cc1c[nH]c2ccccc12)NC(=O)OC1C2CC3CC(C2)CC1C3)c1ccccc1. The fourth-order valence-corrected chi connectivity index (χ4v) is 8.35. The van der Waals surface area contributed by atoms with Crippen LogP contribution in [0.5, 0.6) is 0 Å². The summed E-state index contributed by atoms with van der Waals surface area (Å²) in [5.41, 5.74) is 1.13. The molecule has 2 atom stereocenters. The van der Waals surface area contributed by atoms with Crippen molar-refractivity contribution in [3.05, 3.63) is 71.9 Å². The average Bonchev–Trinajstić information content (AvgIpc) is 3.49. The van der Waals surface area contributed by atoms with Crippen molar-refractivity contribution in [2.24, 2.45) is 23.7 Å². The van der Waals surface area contributed by atoms with E-state index >= 15 is 0 Å². The minimum absolute atomic E-state index is 0.0151. The number of hydrogen-bond acceptors (Lipinski definition) is 8. The number of fused-ring (bicyclic) bond motifs is 1. The molecule has 4 N–H and O–H groups in total. The number of ether oxygens (including phenoxy) is 3. The van der Waals surface area contributed by atoms with Crippen molar-refractivity contribution in [3.63, 3.8) is 0 Å². The molecule has 4 aliphatic rings. The highest BCUT2D eigenvalue weighted by atomic mass is 16.7. The van der Waals surface area contributed by atoms with Crippen molar-refractivity contribution in [1.29, 1.82) is 0 Å². The summed E-state index contributed by atoms with van der Waals surface area (Å²) >= 11 is 0. The minimum Gasteiger partial charge on any atom is -0.446 e. The van der Waals surface area contributed by atoms with Gasteiger partial charge in [0.15, 0.2) is 0 Å². The van der Waals surface area contributed by atoms with Gasteiger partial charge in [-0.05, 0) is 79.9 Å². The van der Waals surface area contributed by atoms with Gasteiger partial charge in [-0.2, -0.15) is 0 Å². The Kier molecular flexibility index (Phi) is 10.7. The number of hydrogen-bond donors (Lipinski definition) is 4. The molecule has 1 heterocycles. The lowest BCUT2D eigenvalue weighted by Crippen LogP contribution is -2.60. The first kappa shape index (κ1) is 35.0. The van der Waals surface area contributed by atoms with E-state index in [1.807, 2.05) is 60.8 Å². The van der Waals surface area contributed by atoms with E-state index < -0.39 is 48.2 Å². The molecule has 0 spiro atoms. The maximum Gasteiger partial charge on any atom is 0.408 e. The van der Waals surface area contributed by atoms with Crippen LogP contribution in [0.1, 0.15) is 76.0 Å². The number of aromatic amines is 1. The number of amides is 3. The molecule has 4 saturated carbocycles. The number of nitrogens with one attached hydrogen (secondary N) is 4. The van der Waals surface area contributed by atoms with Gasteiger partial charge in [-0.1, -0.05) is 48.5 Å². The zero-order chi connectivity index (χ0) is 35.3. The van der Waals surface area contributed by atoms with Gasteiger partial charge in [-0.3, -0.25) is 19.2 Å². The Balaban J connectivity index is 1.14. The number of carbonyl (C=O) groups excluding carboxylic acids is 5. The summed E-state index contributed by atoms with van der Waals surface area (Å²) in [7, 11) is 0. The van der Waals surface area contributed by atoms with Gasteiger partial charge in [-0.15, -0.1) is 0 Å². The third-order valence-electron chi connectivity index (χ3n) is 10.5. The lowest BCUT2D eigenvalue weighted by molar-refractivity contribution is -0.166. The Morgan fingerprint density at radius 1 is 0.880 bits per heavy atom. The van der Waals surface area contributed by atoms with Crippen LogP contribution in [-0.2, 0) is 39.8 Å². The second-order valence-electron chi connectivity index (χ2n) is 14.3. The summed E-state index contributed by atoms with van der Waals surface area (Å²) in [6.07, 6.45) is 6.59. The molecule has 50 heavy (non-hydrogen) atoms. The molecule has 4 fully saturated rings. The van der Waals surface area contributed by atoms with Gasteiger partial charge >= 0.3 is 18.0 Å². The van der Waals surface area contributed by atoms with E-state index in [0.717, 1.165) is 59.5 Å². The number of rotatable bonds is 14. The Hall–Kier alpha value is -4.87. The molecule has 2 aromatic carbocycles. The highest BCUT2D eigenvalue weighted by Gasteiger charge is 2.50. The lowest BCUT2D eigenvalue weighted by Gasteiger charge is -2.53. The van der Waals surface area contributed by atoms with E-state index in [1.165, 1.54) is 13.3 Å². The van der Waals surface area contributed by atoms with Crippen LogP contribution < -0.4 is 16.0 Å². The maximum absolute atomic E-state index is 14.2. The zero-order valence-corrected chi connectivity index (χ0v) is 28.6. The molecule has 0 saturated heterocycles. The highest BCUT2D eigenvalue weighted by molar-refractivity contribution is 5.91. The van der Waals surface area contributed by atoms with Crippen LogP contribution in [0.4, 0.5) is 4.79 Å². The molecule has 0 radical (unpaired) electrons. The summed E-state index contributed by atoms with van der Waals surface area (Å²) in [4.78, 5) is 66.9. The molecule has 7 rings (SSSR count). The number of benzene rings is 2. The molecule has 1 aromatic heterocycles. The standard InChI is InChI=1S/C38H46N4O8/c1-23(43)48-22-49-34(45)13-12-33(44)41-32(26-8-4-3-5-9-26)21-40-36(46)38(2,19-29-20-39-31-11-7-6-10-30(29)31)42-37(47)50-35-27-15-24-14-25(17-27)18-28(35)16-24/h3-11,20,24-25,27-28,32,35,39H,12-19,21-22H2,1-2H3,(H,40,46)(H,41,44)(H,42,47). The Morgan fingerprint density at radius 3 is 2.26 bits per heavy atom. The lowest BCUT2D eigenvalue weighted by atomic mass is 9.55. The van der Waals surface area contributed by atoms with Crippen molar-refractivity contribution < 1.29 is 38.2 Å². The van der Waals surface area contributed by atoms with Crippen LogP contribution in [0, 0.1) is 23.7 Å². The van der Waals surface area contributed by atoms with Gasteiger partial charge < -0.3 is 35.1 Å². The van der Waals surface area contributed by atoms with Gasteiger partial charge in [0, 0.05) is 43.4 Å². The topological polar surface area (TPSA) is 165 Å². The molecule has 4 bridgehead atoms. The van der Waals surface area contributed by atoms with E-state index in [-0.39, 0.29) is 31.9 Å². The molecule has 12 nitrogen and oxygen atoms in total. The molecular weight excluding hydrogens is 640 g/mol. The van der Waals surface area contributed by atoms with Gasteiger partial charge in [0.25, 0.3) is 0 Å². The molecule has 4 aliphatic carbocycles.